The summed E-state index contributed by atoms with van der Waals surface area (Å²) in [5, 5.41) is 10.5. The Hall–Kier alpha value is -3.46. The van der Waals surface area contributed by atoms with Crippen molar-refractivity contribution < 1.29 is 14.3 Å². The quantitative estimate of drug-likeness (QED) is 0.470. The molecule has 0 atom stereocenters. The highest BCUT2D eigenvalue weighted by atomic mass is 32.1. The van der Waals surface area contributed by atoms with Crippen molar-refractivity contribution in [3.8, 4) is 22.8 Å². The molecule has 8 nitrogen and oxygen atoms in total. The van der Waals surface area contributed by atoms with E-state index in [0.29, 0.717) is 27.9 Å². The molecule has 3 heterocycles. The van der Waals surface area contributed by atoms with E-state index in [1.807, 2.05) is 55.1 Å². The van der Waals surface area contributed by atoms with Crippen LogP contribution in [0, 0.1) is 6.92 Å². The molecule has 0 radical (unpaired) electrons. The summed E-state index contributed by atoms with van der Waals surface area (Å²) in [6.45, 7) is 5.91. The third kappa shape index (κ3) is 3.96. The van der Waals surface area contributed by atoms with Crippen molar-refractivity contribution >= 4 is 33.4 Å². The Labute approximate surface area is 183 Å². The lowest BCUT2D eigenvalue weighted by Gasteiger charge is -2.09. The summed E-state index contributed by atoms with van der Waals surface area (Å²) < 4.78 is 12.5. The van der Waals surface area contributed by atoms with Crippen LogP contribution < -0.4 is 14.8 Å². The minimum atomic E-state index is -0.252. The summed E-state index contributed by atoms with van der Waals surface area (Å²) >= 11 is 1.36. The number of carbonyl (C=O) groups is 1. The van der Waals surface area contributed by atoms with Crippen molar-refractivity contribution in [1.82, 2.24) is 19.7 Å². The zero-order valence-corrected chi connectivity index (χ0v) is 18.8. The van der Waals surface area contributed by atoms with E-state index in [-0.39, 0.29) is 11.9 Å². The molecular weight excluding hydrogens is 414 g/mol. The van der Waals surface area contributed by atoms with Gasteiger partial charge in [-0.15, -0.1) is 11.3 Å². The van der Waals surface area contributed by atoms with Gasteiger partial charge in [0.25, 0.3) is 5.91 Å². The lowest BCUT2D eigenvalue weighted by Crippen LogP contribution is -2.14. The first-order valence-corrected chi connectivity index (χ1v) is 10.6. The molecular formula is C22H23N5O3S. The Balaban J connectivity index is 1.58. The van der Waals surface area contributed by atoms with Gasteiger partial charge < -0.3 is 9.47 Å². The average Bonchev–Trinajstić information content (AvgIpc) is 3.39. The van der Waals surface area contributed by atoms with Gasteiger partial charge in [-0.1, -0.05) is 0 Å². The number of aromatic nitrogens is 4. The third-order valence-electron chi connectivity index (χ3n) is 4.90. The number of rotatable bonds is 6. The molecule has 0 unspecified atom stereocenters. The number of thiazole rings is 1. The fourth-order valence-corrected chi connectivity index (χ4v) is 4.01. The number of nitrogens with zero attached hydrogens (tertiary/aromatic N) is 4. The number of ether oxygens (including phenoxy) is 2. The molecule has 0 aliphatic rings. The molecule has 1 amide bonds. The smallest absolute Gasteiger partial charge is 0.259 e. The Morgan fingerprint density at radius 1 is 1.13 bits per heavy atom. The maximum Gasteiger partial charge on any atom is 0.259 e. The lowest BCUT2D eigenvalue weighted by atomic mass is 10.1. The SMILES string of the molecule is COc1ccc(-c2csc(NC(=O)c3cc4cnn(C(C)C)c4nc3C)n2)cc1OC. The van der Waals surface area contributed by atoms with E-state index in [2.05, 4.69) is 20.4 Å². The third-order valence-corrected chi connectivity index (χ3v) is 5.66. The van der Waals surface area contributed by atoms with E-state index in [0.717, 1.165) is 22.3 Å². The number of fused-ring (bicyclic) bond motifs is 1. The normalized spacial score (nSPS) is 11.2. The molecule has 9 heteroatoms. The van der Waals surface area contributed by atoms with Gasteiger partial charge in [0.2, 0.25) is 0 Å². The largest absolute Gasteiger partial charge is 0.493 e. The number of pyridine rings is 1. The molecule has 0 aliphatic carbocycles. The van der Waals surface area contributed by atoms with Crippen LogP contribution in [0.1, 0.15) is 35.9 Å². The van der Waals surface area contributed by atoms with Gasteiger partial charge >= 0.3 is 0 Å². The zero-order chi connectivity index (χ0) is 22.1. The number of amides is 1. The van der Waals surface area contributed by atoms with Crippen LogP contribution in [0.3, 0.4) is 0 Å². The Morgan fingerprint density at radius 3 is 2.61 bits per heavy atom. The van der Waals surface area contributed by atoms with Gasteiger partial charge in [0.05, 0.1) is 37.4 Å². The minimum absolute atomic E-state index is 0.189. The van der Waals surface area contributed by atoms with Gasteiger partial charge in [-0.2, -0.15) is 5.10 Å². The summed E-state index contributed by atoms with van der Waals surface area (Å²) in [5.74, 6) is 1.02. The summed E-state index contributed by atoms with van der Waals surface area (Å²) in [7, 11) is 3.18. The van der Waals surface area contributed by atoms with Crippen LogP contribution in [0.4, 0.5) is 5.13 Å². The van der Waals surface area contributed by atoms with E-state index in [1.165, 1.54) is 11.3 Å². The first-order chi connectivity index (χ1) is 14.9. The maximum absolute atomic E-state index is 12.9. The van der Waals surface area contributed by atoms with Crippen LogP contribution in [-0.4, -0.2) is 39.9 Å². The fraction of sp³-hybridized carbons (Fsp3) is 0.273. The highest BCUT2D eigenvalue weighted by Gasteiger charge is 2.17. The molecule has 0 spiro atoms. The van der Waals surface area contributed by atoms with E-state index in [1.54, 1.807) is 20.4 Å². The highest BCUT2D eigenvalue weighted by Crippen LogP contribution is 2.33. The number of hydrogen-bond donors (Lipinski definition) is 1. The predicted octanol–water partition coefficient (Wildman–Crippen LogP) is 4.71. The standard InChI is InChI=1S/C22H23N5O3S/c1-12(2)27-20-15(10-23-27)8-16(13(3)24-20)21(28)26-22-25-17(11-31-22)14-6-7-18(29-4)19(9-14)30-5/h6-12H,1-5H3,(H,25,26,28). The van der Waals surface area contributed by atoms with Gasteiger partial charge in [-0.25, -0.2) is 14.6 Å². The van der Waals surface area contributed by atoms with Gasteiger partial charge in [0.1, 0.15) is 0 Å². The predicted molar refractivity (Wildman–Crippen MR) is 121 cm³/mol. The molecule has 0 saturated heterocycles. The Bertz CT molecular complexity index is 1260. The molecule has 4 rings (SSSR count). The zero-order valence-electron chi connectivity index (χ0n) is 18.0. The van der Waals surface area contributed by atoms with Gasteiger partial charge in [0, 0.05) is 22.4 Å². The van der Waals surface area contributed by atoms with Crippen molar-refractivity contribution in [2.75, 3.05) is 19.5 Å². The number of methoxy groups -OCH3 is 2. The summed E-state index contributed by atoms with van der Waals surface area (Å²) in [5.41, 5.74) is 3.52. The van der Waals surface area contributed by atoms with Crippen molar-refractivity contribution in [2.24, 2.45) is 0 Å². The number of anilines is 1. The van der Waals surface area contributed by atoms with E-state index in [4.69, 9.17) is 9.47 Å². The summed E-state index contributed by atoms with van der Waals surface area (Å²) in [6.07, 6.45) is 1.73. The van der Waals surface area contributed by atoms with Crippen molar-refractivity contribution in [3.63, 3.8) is 0 Å². The minimum Gasteiger partial charge on any atom is -0.493 e. The van der Waals surface area contributed by atoms with Crippen molar-refractivity contribution in [1.29, 1.82) is 0 Å². The number of nitrogens with one attached hydrogen (secondary N) is 1. The van der Waals surface area contributed by atoms with Crippen molar-refractivity contribution in [3.05, 3.63) is 47.1 Å². The van der Waals surface area contributed by atoms with Crippen molar-refractivity contribution in [2.45, 2.75) is 26.8 Å². The maximum atomic E-state index is 12.9. The van der Waals surface area contributed by atoms with E-state index in [9.17, 15) is 4.79 Å². The number of aryl methyl sites for hydroxylation is 1. The molecule has 0 aliphatic heterocycles. The second kappa shape index (κ2) is 8.35. The highest BCUT2D eigenvalue weighted by molar-refractivity contribution is 7.14. The lowest BCUT2D eigenvalue weighted by molar-refractivity contribution is 0.102. The number of hydrogen-bond acceptors (Lipinski definition) is 7. The topological polar surface area (TPSA) is 91.2 Å². The van der Waals surface area contributed by atoms with E-state index >= 15 is 0 Å². The van der Waals surface area contributed by atoms with Crippen LogP contribution in [0.25, 0.3) is 22.3 Å². The van der Waals surface area contributed by atoms with Crippen LogP contribution >= 0.6 is 11.3 Å². The summed E-state index contributed by atoms with van der Waals surface area (Å²) in [6, 6.07) is 7.59. The average molecular weight is 438 g/mol. The molecule has 0 saturated carbocycles. The van der Waals surface area contributed by atoms with Crippen LogP contribution in [0.15, 0.2) is 35.8 Å². The van der Waals surface area contributed by atoms with Crippen LogP contribution in [-0.2, 0) is 0 Å². The van der Waals surface area contributed by atoms with Gasteiger partial charge in [-0.05, 0) is 45.0 Å². The van der Waals surface area contributed by atoms with Crippen LogP contribution in [0.2, 0.25) is 0 Å². The molecule has 0 bridgehead atoms. The van der Waals surface area contributed by atoms with Crippen LogP contribution in [0.5, 0.6) is 11.5 Å². The molecule has 1 aromatic carbocycles. The second-order valence-corrected chi connectivity index (χ2v) is 8.14. The molecule has 4 aromatic rings. The Kier molecular flexibility index (Phi) is 5.60. The molecule has 160 valence electrons. The number of benzene rings is 1. The molecule has 31 heavy (non-hydrogen) atoms. The van der Waals surface area contributed by atoms with E-state index < -0.39 is 0 Å². The van der Waals surface area contributed by atoms with Gasteiger partial charge in [-0.3, -0.25) is 10.1 Å². The second-order valence-electron chi connectivity index (χ2n) is 7.28. The monoisotopic (exact) mass is 437 g/mol. The molecule has 1 N–H and O–H groups in total. The summed E-state index contributed by atoms with van der Waals surface area (Å²) in [4.78, 5) is 22.1. The first kappa shape index (κ1) is 20.8. The molecule has 3 aromatic heterocycles. The number of carbonyl (C=O) groups excluding carboxylic acids is 1. The molecule has 0 fully saturated rings. The first-order valence-electron chi connectivity index (χ1n) is 9.75. The fourth-order valence-electron chi connectivity index (χ4n) is 3.30. The Morgan fingerprint density at radius 2 is 1.90 bits per heavy atom. The van der Waals surface area contributed by atoms with Gasteiger partial charge in [0.15, 0.2) is 22.3 Å².